The number of hydrogen-bond donors (Lipinski definition) is 1. The van der Waals surface area contributed by atoms with Crippen LogP contribution in [-0.2, 0) is 0 Å². The highest BCUT2D eigenvalue weighted by Gasteiger charge is 2.30. The third-order valence-corrected chi connectivity index (χ3v) is 1.58. The summed E-state index contributed by atoms with van der Waals surface area (Å²) in [5, 5.41) is 0. The predicted molar refractivity (Wildman–Crippen MR) is 26.3 cm³/mol. The molecule has 0 aromatic rings. The third-order valence-electron chi connectivity index (χ3n) is 1.58. The molecule has 0 radical (unpaired) electrons. The van der Waals surface area contributed by atoms with E-state index in [4.69, 9.17) is 5.73 Å². The standard InChI is InChI=1S/C5H11N/c1-4-2-5(4)3-6/h4-5H,2-3,6H2,1H3/t4?,5-/m0/s1. The topological polar surface area (TPSA) is 26.0 Å². The fraction of sp³-hybridized carbons (Fsp3) is 1.00. The van der Waals surface area contributed by atoms with E-state index < -0.39 is 0 Å². The molecule has 36 valence electrons. The number of hydrogen-bond acceptors (Lipinski definition) is 1. The van der Waals surface area contributed by atoms with Gasteiger partial charge in [0.25, 0.3) is 0 Å². The van der Waals surface area contributed by atoms with E-state index in [0.717, 1.165) is 18.4 Å². The van der Waals surface area contributed by atoms with Crippen molar-refractivity contribution in [3.05, 3.63) is 0 Å². The second-order valence-electron chi connectivity index (χ2n) is 2.21. The van der Waals surface area contributed by atoms with E-state index in [1.54, 1.807) is 0 Å². The van der Waals surface area contributed by atoms with Crippen molar-refractivity contribution in [1.29, 1.82) is 0 Å². The molecule has 1 aliphatic carbocycles. The highest BCUT2D eigenvalue weighted by Crippen LogP contribution is 2.35. The van der Waals surface area contributed by atoms with E-state index in [0.29, 0.717) is 0 Å². The summed E-state index contributed by atoms with van der Waals surface area (Å²) in [4.78, 5) is 0. The van der Waals surface area contributed by atoms with Crippen molar-refractivity contribution in [2.24, 2.45) is 17.6 Å². The summed E-state index contributed by atoms with van der Waals surface area (Å²) in [5.41, 5.74) is 5.32. The SMILES string of the molecule is CC1C[C@H]1CN. The first kappa shape index (κ1) is 4.13. The van der Waals surface area contributed by atoms with Crippen molar-refractivity contribution in [3.8, 4) is 0 Å². The van der Waals surface area contributed by atoms with E-state index in [2.05, 4.69) is 6.92 Å². The molecule has 0 spiro atoms. The Kier molecular flexibility index (Phi) is 0.845. The average Bonchev–Trinajstić information content (AvgIpc) is 2.19. The van der Waals surface area contributed by atoms with Gasteiger partial charge in [-0.1, -0.05) is 6.92 Å². The van der Waals surface area contributed by atoms with Crippen LogP contribution in [0.2, 0.25) is 0 Å². The first-order valence-corrected chi connectivity index (χ1v) is 2.54. The Labute approximate surface area is 38.5 Å². The zero-order valence-corrected chi connectivity index (χ0v) is 4.15. The van der Waals surface area contributed by atoms with Crippen molar-refractivity contribution >= 4 is 0 Å². The van der Waals surface area contributed by atoms with Gasteiger partial charge in [0.05, 0.1) is 0 Å². The zero-order chi connectivity index (χ0) is 4.57. The van der Waals surface area contributed by atoms with Crippen LogP contribution >= 0.6 is 0 Å². The van der Waals surface area contributed by atoms with Crippen LogP contribution in [0.15, 0.2) is 0 Å². The summed E-state index contributed by atoms with van der Waals surface area (Å²) >= 11 is 0. The molecule has 0 saturated heterocycles. The normalized spacial score (nSPS) is 43.0. The minimum absolute atomic E-state index is 0.880. The molecule has 1 saturated carbocycles. The second-order valence-corrected chi connectivity index (χ2v) is 2.21. The highest BCUT2D eigenvalue weighted by molar-refractivity contribution is 4.82. The van der Waals surface area contributed by atoms with Gasteiger partial charge in [0.2, 0.25) is 0 Å². The zero-order valence-electron chi connectivity index (χ0n) is 4.15. The van der Waals surface area contributed by atoms with Crippen LogP contribution in [0.1, 0.15) is 13.3 Å². The van der Waals surface area contributed by atoms with Gasteiger partial charge in [-0.3, -0.25) is 0 Å². The quantitative estimate of drug-likeness (QED) is 0.495. The summed E-state index contributed by atoms with van der Waals surface area (Å²) < 4.78 is 0. The second kappa shape index (κ2) is 1.23. The molecule has 6 heavy (non-hydrogen) atoms. The minimum Gasteiger partial charge on any atom is -0.330 e. The van der Waals surface area contributed by atoms with Crippen LogP contribution in [0.5, 0.6) is 0 Å². The molecule has 2 atom stereocenters. The van der Waals surface area contributed by atoms with E-state index in [1.807, 2.05) is 0 Å². The molecule has 1 fully saturated rings. The lowest BCUT2D eigenvalue weighted by Gasteiger charge is -1.80. The monoisotopic (exact) mass is 85.1 g/mol. The van der Waals surface area contributed by atoms with Crippen LogP contribution in [0.25, 0.3) is 0 Å². The van der Waals surface area contributed by atoms with E-state index >= 15 is 0 Å². The molecule has 0 bridgehead atoms. The van der Waals surface area contributed by atoms with Crippen molar-refractivity contribution < 1.29 is 0 Å². The smallest absolute Gasteiger partial charge is 0.00462 e. The maximum atomic E-state index is 5.32. The van der Waals surface area contributed by atoms with Gasteiger partial charge in [0.1, 0.15) is 0 Å². The van der Waals surface area contributed by atoms with Crippen LogP contribution in [0.3, 0.4) is 0 Å². The third kappa shape index (κ3) is 0.548. The Morgan fingerprint density at radius 3 is 2.33 bits per heavy atom. The highest BCUT2D eigenvalue weighted by atomic mass is 14.6. The fourth-order valence-electron chi connectivity index (χ4n) is 0.728. The molecular weight excluding hydrogens is 74.1 g/mol. The van der Waals surface area contributed by atoms with Gasteiger partial charge < -0.3 is 5.73 Å². The molecule has 0 amide bonds. The van der Waals surface area contributed by atoms with Crippen LogP contribution in [0, 0.1) is 11.8 Å². The largest absolute Gasteiger partial charge is 0.330 e. The molecule has 1 unspecified atom stereocenters. The maximum Gasteiger partial charge on any atom is -0.00462 e. The number of rotatable bonds is 1. The molecule has 1 aliphatic rings. The maximum absolute atomic E-state index is 5.32. The van der Waals surface area contributed by atoms with Crippen molar-refractivity contribution in [2.75, 3.05) is 6.54 Å². The van der Waals surface area contributed by atoms with E-state index in [9.17, 15) is 0 Å². The van der Waals surface area contributed by atoms with E-state index in [1.165, 1.54) is 6.42 Å². The van der Waals surface area contributed by atoms with Crippen LogP contribution < -0.4 is 5.73 Å². The van der Waals surface area contributed by atoms with E-state index in [-0.39, 0.29) is 0 Å². The van der Waals surface area contributed by atoms with Crippen LogP contribution in [-0.4, -0.2) is 6.54 Å². The Balaban J connectivity index is 2.09. The van der Waals surface area contributed by atoms with Gasteiger partial charge in [-0.15, -0.1) is 0 Å². The minimum atomic E-state index is 0.880. The average molecular weight is 85.2 g/mol. The predicted octanol–water partition coefficient (Wildman–Crippen LogP) is 0.601. The van der Waals surface area contributed by atoms with Crippen molar-refractivity contribution in [1.82, 2.24) is 0 Å². The van der Waals surface area contributed by atoms with Gasteiger partial charge in [0, 0.05) is 0 Å². The molecule has 1 rings (SSSR count). The lowest BCUT2D eigenvalue weighted by molar-refractivity contribution is 0.761. The summed E-state index contributed by atoms with van der Waals surface area (Å²) in [6.07, 6.45) is 1.37. The molecule has 1 heteroatoms. The van der Waals surface area contributed by atoms with Crippen LogP contribution in [0.4, 0.5) is 0 Å². The van der Waals surface area contributed by atoms with Crippen molar-refractivity contribution in [2.45, 2.75) is 13.3 Å². The molecule has 0 aliphatic heterocycles. The fourth-order valence-corrected chi connectivity index (χ4v) is 0.728. The lowest BCUT2D eigenvalue weighted by Crippen LogP contribution is -2.00. The summed E-state index contributed by atoms with van der Waals surface area (Å²) in [6.45, 7) is 3.15. The lowest BCUT2D eigenvalue weighted by atomic mass is 10.3. The summed E-state index contributed by atoms with van der Waals surface area (Å²) in [5.74, 6) is 1.82. The molecule has 1 nitrogen and oxygen atoms in total. The summed E-state index contributed by atoms with van der Waals surface area (Å²) in [7, 11) is 0. The molecule has 0 aromatic carbocycles. The number of nitrogens with two attached hydrogens (primary N) is 1. The summed E-state index contributed by atoms with van der Waals surface area (Å²) in [6, 6.07) is 0. The van der Waals surface area contributed by atoms with Gasteiger partial charge >= 0.3 is 0 Å². The molecular formula is C5H11N. The molecule has 0 heterocycles. The Bertz CT molecular complexity index is 49.9. The van der Waals surface area contributed by atoms with Crippen molar-refractivity contribution in [3.63, 3.8) is 0 Å². The molecule has 0 aromatic heterocycles. The Morgan fingerprint density at radius 2 is 2.33 bits per heavy atom. The Morgan fingerprint density at radius 1 is 1.83 bits per heavy atom. The Hall–Kier alpha value is -0.0400. The van der Waals surface area contributed by atoms with Gasteiger partial charge in [0.15, 0.2) is 0 Å². The van der Waals surface area contributed by atoms with Gasteiger partial charge in [-0.25, -0.2) is 0 Å². The first-order chi connectivity index (χ1) is 2.84. The first-order valence-electron chi connectivity index (χ1n) is 2.54. The van der Waals surface area contributed by atoms with Gasteiger partial charge in [-0.05, 0) is 24.8 Å². The molecule has 2 N–H and O–H groups in total. The van der Waals surface area contributed by atoms with Gasteiger partial charge in [-0.2, -0.15) is 0 Å².